The van der Waals surface area contributed by atoms with Crippen molar-refractivity contribution in [3.8, 4) is 0 Å². The molecule has 0 aromatic heterocycles. The Balaban J connectivity index is 2.14. The molecule has 24 heavy (non-hydrogen) atoms. The van der Waals surface area contributed by atoms with Gasteiger partial charge in [-0.3, -0.25) is 4.79 Å². The van der Waals surface area contributed by atoms with Crippen LogP contribution in [0.5, 0.6) is 0 Å². The fourth-order valence-corrected chi connectivity index (χ4v) is 5.50. The van der Waals surface area contributed by atoms with Crippen LogP contribution in [0, 0.1) is 11.8 Å². The van der Waals surface area contributed by atoms with Gasteiger partial charge in [0, 0.05) is 18.3 Å². The molecule has 0 radical (unpaired) electrons. The van der Waals surface area contributed by atoms with E-state index in [4.69, 9.17) is 9.16 Å². The lowest BCUT2D eigenvalue weighted by Crippen LogP contribution is -2.48. The number of hydrogen-bond donors (Lipinski definition) is 0. The van der Waals surface area contributed by atoms with Gasteiger partial charge in [0.05, 0.1) is 17.3 Å². The van der Waals surface area contributed by atoms with Crippen molar-refractivity contribution in [2.45, 2.75) is 110 Å². The Morgan fingerprint density at radius 1 is 1.29 bits per heavy atom. The maximum atomic E-state index is 12.1. The van der Waals surface area contributed by atoms with E-state index in [-0.39, 0.29) is 28.3 Å². The lowest BCUT2D eigenvalue weighted by atomic mass is 9.82. The van der Waals surface area contributed by atoms with Crippen LogP contribution in [-0.4, -0.2) is 31.4 Å². The summed E-state index contributed by atoms with van der Waals surface area (Å²) in [6, 6.07) is 0. The third kappa shape index (κ3) is 3.52. The van der Waals surface area contributed by atoms with Crippen LogP contribution in [0.3, 0.4) is 0 Å². The molecule has 2 fully saturated rings. The van der Waals surface area contributed by atoms with Crippen LogP contribution < -0.4 is 0 Å². The van der Waals surface area contributed by atoms with Crippen molar-refractivity contribution < 1.29 is 14.0 Å². The third-order valence-electron chi connectivity index (χ3n) is 6.91. The van der Waals surface area contributed by atoms with E-state index >= 15 is 0 Å². The smallest absolute Gasteiger partial charge is 0.192 e. The highest BCUT2D eigenvalue weighted by molar-refractivity contribution is 6.74. The van der Waals surface area contributed by atoms with Gasteiger partial charge < -0.3 is 9.16 Å². The Hall–Kier alpha value is -0.193. The van der Waals surface area contributed by atoms with Gasteiger partial charge in [0.25, 0.3) is 0 Å². The number of carbonyl (C=O) groups excluding carboxylic acids is 1. The highest BCUT2D eigenvalue weighted by Crippen LogP contribution is 2.57. The molecule has 3 nitrogen and oxygen atoms in total. The monoisotopic (exact) mass is 354 g/mol. The van der Waals surface area contributed by atoms with Crippen molar-refractivity contribution in [3.63, 3.8) is 0 Å². The molecule has 0 spiro atoms. The van der Waals surface area contributed by atoms with Crippen LogP contribution >= 0.6 is 0 Å². The molecule has 0 aromatic carbocycles. The van der Waals surface area contributed by atoms with Crippen LogP contribution in [0.4, 0.5) is 0 Å². The zero-order chi connectivity index (χ0) is 18.6. The van der Waals surface area contributed by atoms with E-state index in [1.165, 1.54) is 0 Å². The minimum Gasteiger partial charge on any atom is -0.411 e. The fourth-order valence-electron chi connectivity index (χ4n) is 4.10. The molecule has 0 aromatic rings. The van der Waals surface area contributed by atoms with Gasteiger partial charge in [-0.15, -0.1) is 0 Å². The molecular weight excluding hydrogens is 316 g/mol. The number of ether oxygens (including phenoxy) is 1. The Labute approximate surface area is 150 Å². The van der Waals surface area contributed by atoms with Crippen molar-refractivity contribution in [3.05, 3.63) is 0 Å². The molecule has 1 heterocycles. The average molecular weight is 355 g/mol. The van der Waals surface area contributed by atoms with Crippen LogP contribution in [-0.2, 0) is 14.0 Å². The normalized spacial score (nSPS) is 36.6. The van der Waals surface area contributed by atoms with Crippen molar-refractivity contribution in [2.75, 3.05) is 0 Å². The molecule has 1 saturated heterocycles. The third-order valence-corrected chi connectivity index (χ3v) is 11.4. The van der Waals surface area contributed by atoms with Gasteiger partial charge in [0.1, 0.15) is 5.78 Å². The highest BCUT2D eigenvalue weighted by atomic mass is 28.4. The number of Topliss-reactive ketones (excluding diaryl/α,β-unsaturated/α-hetero) is 1. The van der Waals surface area contributed by atoms with Crippen molar-refractivity contribution in [1.82, 2.24) is 0 Å². The minimum atomic E-state index is -1.83. The number of carbonyl (C=O) groups is 1. The molecule has 0 amide bonds. The van der Waals surface area contributed by atoms with Crippen molar-refractivity contribution >= 4 is 14.1 Å². The Bertz CT molecular complexity index is 494. The summed E-state index contributed by atoms with van der Waals surface area (Å²) in [4.78, 5) is 12.1. The fraction of sp³-hybridized carbons (Fsp3) is 0.950. The van der Waals surface area contributed by atoms with Crippen molar-refractivity contribution in [2.24, 2.45) is 11.8 Å². The predicted octanol–water partition coefficient (Wildman–Crippen LogP) is 5.34. The summed E-state index contributed by atoms with van der Waals surface area (Å²) in [7, 11) is -1.83. The lowest BCUT2D eigenvalue weighted by Gasteiger charge is -2.41. The molecule has 0 unspecified atom stereocenters. The predicted molar refractivity (Wildman–Crippen MR) is 102 cm³/mol. The van der Waals surface area contributed by atoms with Crippen LogP contribution in [0.25, 0.3) is 0 Å². The summed E-state index contributed by atoms with van der Waals surface area (Å²) in [5.74, 6) is 0.869. The first kappa shape index (κ1) is 20.1. The van der Waals surface area contributed by atoms with E-state index in [9.17, 15) is 4.79 Å². The van der Waals surface area contributed by atoms with Gasteiger partial charge in [-0.1, -0.05) is 34.6 Å². The maximum absolute atomic E-state index is 12.1. The van der Waals surface area contributed by atoms with Gasteiger partial charge in [0.2, 0.25) is 0 Å². The van der Waals surface area contributed by atoms with Gasteiger partial charge >= 0.3 is 0 Å². The molecule has 1 saturated carbocycles. The maximum Gasteiger partial charge on any atom is 0.192 e. The molecule has 1 aliphatic heterocycles. The SMILES string of the molecule is CC(C)C(=O)CC[C@@]1(C)O[C@]2(C)CC[C@H]1[C@H]2O[Si](C)(C)C(C)(C)C. The van der Waals surface area contributed by atoms with E-state index in [0.717, 1.165) is 19.3 Å². The molecule has 0 N–H and O–H groups in total. The lowest BCUT2D eigenvalue weighted by molar-refractivity contribution is -0.139. The second-order valence-corrected chi connectivity index (χ2v) is 15.0. The molecule has 2 bridgehead atoms. The molecule has 4 heteroatoms. The van der Waals surface area contributed by atoms with E-state index in [2.05, 4.69) is 47.7 Å². The standard InChI is InChI=1S/C20H38O3Si/c1-14(2)16(21)11-13-19(6)15-10-12-20(7,23-19)17(15)22-24(8,9)18(3,4)5/h14-15,17H,10-13H2,1-9H3/t15-,17+,19+,20+/m0/s1. The van der Waals surface area contributed by atoms with Gasteiger partial charge in [-0.25, -0.2) is 0 Å². The number of fused-ring (bicyclic) bond motifs is 2. The van der Waals surface area contributed by atoms with Crippen molar-refractivity contribution in [1.29, 1.82) is 0 Å². The second-order valence-electron chi connectivity index (χ2n) is 10.3. The largest absolute Gasteiger partial charge is 0.411 e. The van der Waals surface area contributed by atoms with Gasteiger partial charge in [-0.2, -0.15) is 0 Å². The highest BCUT2D eigenvalue weighted by Gasteiger charge is 2.64. The first-order valence-corrected chi connectivity index (χ1v) is 12.5. The first-order valence-electron chi connectivity index (χ1n) is 9.63. The minimum absolute atomic E-state index is 0.113. The van der Waals surface area contributed by atoms with E-state index in [0.29, 0.717) is 18.1 Å². The van der Waals surface area contributed by atoms with Gasteiger partial charge in [0.15, 0.2) is 8.32 Å². The number of rotatable bonds is 6. The summed E-state index contributed by atoms with van der Waals surface area (Å²) in [6.45, 7) is 19.9. The zero-order valence-corrected chi connectivity index (χ0v) is 18.3. The van der Waals surface area contributed by atoms with Crippen LogP contribution in [0.1, 0.15) is 74.1 Å². The Kier molecular flexibility index (Phi) is 5.20. The average Bonchev–Trinajstić information content (AvgIpc) is 2.81. The molecule has 140 valence electrons. The summed E-state index contributed by atoms with van der Waals surface area (Å²) in [6.07, 6.45) is 3.85. The van der Waals surface area contributed by atoms with E-state index in [1.54, 1.807) is 0 Å². The van der Waals surface area contributed by atoms with E-state index < -0.39 is 8.32 Å². The van der Waals surface area contributed by atoms with Gasteiger partial charge in [-0.05, 0) is 51.2 Å². The quantitative estimate of drug-likeness (QED) is 0.604. The Morgan fingerprint density at radius 2 is 1.88 bits per heavy atom. The number of hydrogen-bond acceptors (Lipinski definition) is 3. The first-order chi connectivity index (χ1) is 10.7. The van der Waals surface area contributed by atoms with Crippen LogP contribution in [0.2, 0.25) is 18.1 Å². The molecule has 2 aliphatic rings. The molecular formula is C20H38O3Si. The second kappa shape index (κ2) is 6.21. The zero-order valence-electron chi connectivity index (χ0n) is 17.3. The molecule has 1 aliphatic carbocycles. The summed E-state index contributed by atoms with van der Waals surface area (Å²) < 4.78 is 13.4. The molecule has 2 rings (SSSR count). The summed E-state index contributed by atoms with van der Waals surface area (Å²) in [5, 5.41) is 0.204. The van der Waals surface area contributed by atoms with E-state index in [1.807, 2.05) is 13.8 Å². The number of ketones is 1. The summed E-state index contributed by atoms with van der Waals surface area (Å²) >= 11 is 0. The molecule has 4 atom stereocenters. The van der Waals surface area contributed by atoms with Crippen LogP contribution in [0.15, 0.2) is 0 Å². The Morgan fingerprint density at radius 3 is 2.38 bits per heavy atom. The topological polar surface area (TPSA) is 35.5 Å². The summed E-state index contributed by atoms with van der Waals surface area (Å²) in [5.41, 5.74) is -0.402.